The number of ether oxygens (including phenoxy) is 1. The van der Waals surface area contributed by atoms with E-state index in [1.807, 2.05) is 36.4 Å². The Kier molecular flexibility index (Phi) is 5.27. The van der Waals surface area contributed by atoms with E-state index in [2.05, 4.69) is 39.0 Å². The number of carbonyl (C=O) groups excluding carboxylic acids is 1. The predicted octanol–water partition coefficient (Wildman–Crippen LogP) is 5.86. The van der Waals surface area contributed by atoms with Crippen LogP contribution in [0, 0.1) is 5.92 Å². The fraction of sp³-hybridized carbons (Fsp3) is 0.435. The molecule has 1 fully saturated rings. The largest absolute Gasteiger partial charge is 0.426 e. The first-order valence-electron chi connectivity index (χ1n) is 9.33. The SMILES string of the molecule is CC(C)(C)c1ccccc1OC(=O)[C@@H](c1ccccc1)C1CCCC1. The average Bonchev–Trinajstić information content (AvgIpc) is 3.09. The van der Waals surface area contributed by atoms with Gasteiger partial charge < -0.3 is 4.74 Å². The Morgan fingerprint density at radius 2 is 1.56 bits per heavy atom. The molecule has 0 bridgehead atoms. The minimum absolute atomic E-state index is 0.0630. The molecule has 0 unspecified atom stereocenters. The second-order valence-corrected chi connectivity index (χ2v) is 8.10. The van der Waals surface area contributed by atoms with Crippen LogP contribution in [0.2, 0.25) is 0 Å². The van der Waals surface area contributed by atoms with Crippen molar-refractivity contribution in [3.05, 3.63) is 65.7 Å². The van der Waals surface area contributed by atoms with Gasteiger partial charge in [-0.3, -0.25) is 4.79 Å². The summed E-state index contributed by atoms with van der Waals surface area (Å²) >= 11 is 0. The van der Waals surface area contributed by atoms with Gasteiger partial charge in [0.05, 0.1) is 5.92 Å². The zero-order chi connectivity index (χ0) is 17.9. The summed E-state index contributed by atoms with van der Waals surface area (Å²) in [5.41, 5.74) is 2.08. The molecule has 0 spiro atoms. The Bertz CT molecular complexity index is 706. The molecule has 0 amide bonds. The molecule has 2 nitrogen and oxygen atoms in total. The van der Waals surface area contributed by atoms with Gasteiger partial charge in [0.15, 0.2) is 0 Å². The van der Waals surface area contributed by atoms with Gasteiger partial charge in [-0.2, -0.15) is 0 Å². The van der Waals surface area contributed by atoms with Crippen molar-refractivity contribution in [1.82, 2.24) is 0 Å². The summed E-state index contributed by atoms with van der Waals surface area (Å²) < 4.78 is 5.96. The van der Waals surface area contributed by atoms with Gasteiger partial charge in [0.2, 0.25) is 0 Å². The molecule has 25 heavy (non-hydrogen) atoms. The molecule has 1 aliphatic carbocycles. The Hall–Kier alpha value is -2.09. The minimum atomic E-state index is -0.170. The molecular weight excluding hydrogens is 308 g/mol. The summed E-state index contributed by atoms with van der Waals surface area (Å²) in [6.45, 7) is 6.43. The summed E-state index contributed by atoms with van der Waals surface area (Å²) in [6, 6.07) is 18.0. The molecule has 1 aliphatic rings. The minimum Gasteiger partial charge on any atom is -0.426 e. The van der Waals surface area contributed by atoms with E-state index < -0.39 is 0 Å². The van der Waals surface area contributed by atoms with Crippen LogP contribution in [-0.4, -0.2) is 5.97 Å². The molecule has 3 rings (SSSR count). The zero-order valence-corrected chi connectivity index (χ0v) is 15.5. The van der Waals surface area contributed by atoms with Crippen molar-refractivity contribution in [2.24, 2.45) is 5.92 Å². The van der Waals surface area contributed by atoms with Crippen molar-refractivity contribution in [3.8, 4) is 5.75 Å². The molecular formula is C23H28O2. The first kappa shape index (κ1) is 17.7. The van der Waals surface area contributed by atoms with E-state index in [1.165, 1.54) is 12.8 Å². The molecule has 0 radical (unpaired) electrons. The molecule has 2 heteroatoms. The monoisotopic (exact) mass is 336 g/mol. The Labute approximate surface area is 151 Å². The lowest BCUT2D eigenvalue weighted by Gasteiger charge is -2.25. The molecule has 1 atom stereocenters. The van der Waals surface area contributed by atoms with Gasteiger partial charge in [0.1, 0.15) is 5.75 Å². The maximum atomic E-state index is 13.2. The highest BCUT2D eigenvalue weighted by Crippen LogP contribution is 2.39. The van der Waals surface area contributed by atoms with Gasteiger partial charge in [-0.1, -0.05) is 82.1 Å². The van der Waals surface area contributed by atoms with E-state index in [9.17, 15) is 4.79 Å². The fourth-order valence-corrected chi connectivity index (χ4v) is 3.90. The van der Waals surface area contributed by atoms with Crippen molar-refractivity contribution < 1.29 is 9.53 Å². The number of para-hydroxylation sites is 1. The smallest absolute Gasteiger partial charge is 0.319 e. The lowest BCUT2D eigenvalue weighted by molar-refractivity contribution is -0.137. The number of benzene rings is 2. The summed E-state index contributed by atoms with van der Waals surface area (Å²) in [4.78, 5) is 13.2. The van der Waals surface area contributed by atoms with Crippen LogP contribution >= 0.6 is 0 Å². The maximum Gasteiger partial charge on any atom is 0.319 e. The van der Waals surface area contributed by atoms with Gasteiger partial charge >= 0.3 is 5.97 Å². The van der Waals surface area contributed by atoms with Gasteiger partial charge in [0.25, 0.3) is 0 Å². The van der Waals surface area contributed by atoms with Crippen LogP contribution in [0.5, 0.6) is 5.75 Å². The fourth-order valence-electron chi connectivity index (χ4n) is 3.90. The first-order chi connectivity index (χ1) is 12.0. The highest BCUT2D eigenvalue weighted by molar-refractivity contribution is 5.81. The molecule has 0 saturated heterocycles. The lowest BCUT2D eigenvalue weighted by Crippen LogP contribution is -2.26. The first-order valence-corrected chi connectivity index (χ1v) is 9.33. The Morgan fingerprint density at radius 3 is 2.20 bits per heavy atom. The van der Waals surface area contributed by atoms with Crippen molar-refractivity contribution in [2.75, 3.05) is 0 Å². The summed E-state index contributed by atoms with van der Waals surface area (Å²) in [5, 5.41) is 0. The van der Waals surface area contributed by atoms with E-state index in [0.29, 0.717) is 11.7 Å². The number of carbonyl (C=O) groups is 1. The van der Waals surface area contributed by atoms with Crippen LogP contribution in [0.25, 0.3) is 0 Å². The normalized spacial score (nSPS) is 16.6. The standard InChI is InChI=1S/C23H28O2/c1-23(2,3)19-15-9-10-16-20(19)25-22(24)21(18-13-7-8-14-18)17-11-5-4-6-12-17/h4-6,9-12,15-16,18,21H,7-8,13-14H2,1-3H3/t21-/m0/s1. The van der Waals surface area contributed by atoms with Gasteiger partial charge in [-0.25, -0.2) is 0 Å². The van der Waals surface area contributed by atoms with Gasteiger partial charge in [-0.05, 0) is 35.8 Å². The van der Waals surface area contributed by atoms with Crippen LogP contribution in [-0.2, 0) is 10.2 Å². The van der Waals surface area contributed by atoms with Crippen LogP contribution in [0.4, 0.5) is 0 Å². The summed E-state index contributed by atoms with van der Waals surface area (Å²) in [5.74, 6) is 0.794. The van der Waals surface area contributed by atoms with Crippen molar-refractivity contribution in [1.29, 1.82) is 0 Å². The molecule has 0 N–H and O–H groups in total. The highest BCUT2D eigenvalue weighted by Gasteiger charge is 2.34. The summed E-state index contributed by atoms with van der Waals surface area (Å²) in [7, 11) is 0. The lowest BCUT2D eigenvalue weighted by atomic mass is 9.84. The molecule has 132 valence electrons. The molecule has 2 aromatic carbocycles. The maximum absolute atomic E-state index is 13.2. The topological polar surface area (TPSA) is 26.3 Å². The zero-order valence-electron chi connectivity index (χ0n) is 15.5. The quantitative estimate of drug-likeness (QED) is 0.516. The van der Waals surface area contributed by atoms with Gasteiger partial charge in [0, 0.05) is 5.56 Å². The van der Waals surface area contributed by atoms with Crippen LogP contribution in [0.3, 0.4) is 0 Å². The highest BCUT2D eigenvalue weighted by atomic mass is 16.5. The van der Waals surface area contributed by atoms with Crippen molar-refractivity contribution in [2.45, 2.75) is 57.8 Å². The number of hydrogen-bond donors (Lipinski definition) is 0. The van der Waals surface area contributed by atoms with E-state index in [1.54, 1.807) is 0 Å². The second-order valence-electron chi connectivity index (χ2n) is 8.10. The molecule has 1 saturated carbocycles. The Balaban J connectivity index is 1.89. The molecule has 0 aliphatic heterocycles. The van der Waals surface area contributed by atoms with Crippen molar-refractivity contribution >= 4 is 5.97 Å². The predicted molar refractivity (Wildman–Crippen MR) is 102 cm³/mol. The number of rotatable bonds is 4. The van der Waals surface area contributed by atoms with E-state index in [4.69, 9.17) is 4.74 Å². The third kappa shape index (κ3) is 4.12. The van der Waals surface area contributed by atoms with Crippen LogP contribution in [0.1, 0.15) is 63.5 Å². The molecule has 0 aromatic heterocycles. The third-order valence-corrected chi connectivity index (χ3v) is 5.19. The van der Waals surface area contributed by atoms with Crippen LogP contribution < -0.4 is 4.74 Å². The Morgan fingerprint density at radius 1 is 0.960 bits per heavy atom. The van der Waals surface area contributed by atoms with Gasteiger partial charge in [-0.15, -0.1) is 0 Å². The van der Waals surface area contributed by atoms with E-state index in [0.717, 1.165) is 24.0 Å². The van der Waals surface area contributed by atoms with E-state index >= 15 is 0 Å². The van der Waals surface area contributed by atoms with Crippen LogP contribution in [0.15, 0.2) is 54.6 Å². The average molecular weight is 336 g/mol. The number of hydrogen-bond acceptors (Lipinski definition) is 2. The van der Waals surface area contributed by atoms with Crippen molar-refractivity contribution in [3.63, 3.8) is 0 Å². The third-order valence-electron chi connectivity index (χ3n) is 5.19. The molecule has 2 aromatic rings. The second kappa shape index (κ2) is 7.43. The number of esters is 1. The van der Waals surface area contributed by atoms with E-state index in [-0.39, 0.29) is 17.3 Å². The molecule has 0 heterocycles. The summed E-state index contributed by atoms with van der Waals surface area (Å²) in [6.07, 6.45) is 4.63.